The Hall–Kier alpha value is -0.550. The van der Waals surface area contributed by atoms with E-state index in [4.69, 9.17) is 23.2 Å². The van der Waals surface area contributed by atoms with E-state index < -0.39 is 17.8 Å². The fourth-order valence-corrected chi connectivity index (χ4v) is 1.54. The first-order valence-electron chi connectivity index (χ1n) is 4.36. The van der Waals surface area contributed by atoms with Crippen LogP contribution in [0.15, 0.2) is 17.1 Å². The van der Waals surface area contributed by atoms with Gasteiger partial charge in [0.15, 0.2) is 0 Å². The van der Waals surface area contributed by atoms with Gasteiger partial charge in [0, 0.05) is 17.6 Å². The molecule has 15 heavy (non-hydrogen) atoms. The molecule has 4 nitrogen and oxygen atoms in total. The number of aromatic amines is 1. The van der Waals surface area contributed by atoms with E-state index >= 15 is 0 Å². The molecular weight excluding hydrogens is 241 g/mol. The number of aromatic nitrogens is 1. The third kappa shape index (κ3) is 3.21. The fraction of sp³-hybridized carbons (Fsp3) is 0.444. The van der Waals surface area contributed by atoms with Crippen LogP contribution in [-0.4, -0.2) is 27.2 Å². The summed E-state index contributed by atoms with van der Waals surface area (Å²) in [5, 5.41) is 19.1. The van der Waals surface area contributed by atoms with E-state index in [1.165, 1.54) is 12.3 Å². The maximum Gasteiger partial charge on any atom is 0.266 e. The molecule has 2 atom stereocenters. The van der Waals surface area contributed by atoms with Crippen molar-refractivity contribution in [3.63, 3.8) is 0 Å². The first kappa shape index (κ1) is 12.5. The highest BCUT2D eigenvalue weighted by Gasteiger charge is 2.18. The minimum atomic E-state index is -1.10. The van der Waals surface area contributed by atoms with Crippen LogP contribution in [-0.2, 0) is 0 Å². The number of halogens is 2. The molecule has 0 saturated heterocycles. The van der Waals surface area contributed by atoms with Gasteiger partial charge in [-0.15, -0.1) is 11.6 Å². The number of aliphatic hydroxyl groups is 2. The van der Waals surface area contributed by atoms with Crippen LogP contribution in [0.3, 0.4) is 0 Å². The van der Waals surface area contributed by atoms with Gasteiger partial charge in [0.05, 0.1) is 6.10 Å². The normalized spacial score (nSPS) is 14.9. The lowest BCUT2D eigenvalue weighted by molar-refractivity contribution is 0.0168. The maximum absolute atomic E-state index is 10.9. The summed E-state index contributed by atoms with van der Waals surface area (Å²) < 4.78 is 0. The van der Waals surface area contributed by atoms with E-state index in [2.05, 4.69) is 4.98 Å². The lowest BCUT2D eigenvalue weighted by Crippen LogP contribution is -2.20. The highest BCUT2D eigenvalue weighted by atomic mass is 35.5. The van der Waals surface area contributed by atoms with E-state index in [1.54, 1.807) is 0 Å². The number of alkyl halides is 1. The van der Waals surface area contributed by atoms with Crippen molar-refractivity contribution in [2.24, 2.45) is 0 Å². The Morgan fingerprint density at radius 1 is 1.47 bits per heavy atom. The van der Waals surface area contributed by atoms with Crippen molar-refractivity contribution in [1.29, 1.82) is 0 Å². The molecule has 0 radical (unpaired) electrons. The van der Waals surface area contributed by atoms with Crippen molar-refractivity contribution in [2.45, 2.75) is 18.6 Å². The predicted molar refractivity (Wildman–Crippen MR) is 58.4 cm³/mol. The van der Waals surface area contributed by atoms with Crippen LogP contribution in [0.25, 0.3) is 0 Å². The second kappa shape index (κ2) is 5.51. The highest BCUT2D eigenvalue weighted by Crippen LogP contribution is 2.19. The van der Waals surface area contributed by atoms with Gasteiger partial charge < -0.3 is 15.2 Å². The van der Waals surface area contributed by atoms with Gasteiger partial charge in [0.2, 0.25) is 0 Å². The average molecular weight is 252 g/mol. The minimum absolute atomic E-state index is 0.0235. The SMILES string of the molecule is O=c1[nH]cc(C(O)C(O)CCCl)cc1Cl. The fourth-order valence-electron chi connectivity index (χ4n) is 1.13. The van der Waals surface area contributed by atoms with Crippen LogP contribution in [0.2, 0.25) is 5.02 Å². The van der Waals surface area contributed by atoms with Gasteiger partial charge in [-0.1, -0.05) is 11.6 Å². The summed E-state index contributed by atoms with van der Waals surface area (Å²) in [5.41, 5.74) is -0.0725. The molecular formula is C9H11Cl2NO3. The Labute approximate surface area is 96.5 Å². The molecule has 1 heterocycles. The van der Waals surface area contributed by atoms with Crippen LogP contribution in [0.1, 0.15) is 18.1 Å². The Morgan fingerprint density at radius 3 is 2.67 bits per heavy atom. The summed E-state index contributed by atoms with van der Waals surface area (Å²) in [4.78, 5) is 13.3. The van der Waals surface area contributed by atoms with Crippen molar-refractivity contribution in [3.8, 4) is 0 Å². The summed E-state index contributed by atoms with van der Waals surface area (Å²) in [6.45, 7) is 0. The molecule has 0 fully saturated rings. The molecule has 0 aliphatic rings. The predicted octanol–water partition coefficient (Wildman–Crippen LogP) is 1.05. The summed E-state index contributed by atoms with van der Waals surface area (Å²) in [7, 11) is 0. The number of pyridine rings is 1. The van der Waals surface area contributed by atoms with Crippen molar-refractivity contribution in [3.05, 3.63) is 33.2 Å². The first-order chi connectivity index (χ1) is 7.06. The summed E-state index contributed by atoms with van der Waals surface area (Å²) in [6.07, 6.45) is -0.488. The Bertz CT molecular complexity index is 380. The Balaban J connectivity index is 2.86. The van der Waals surface area contributed by atoms with Crippen LogP contribution in [0, 0.1) is 0 Å². The van der Waals surface area contributed by atoms with Crippen molar-refractivity contribution < 1.29 is 10.2 Å². The maximum atomic E-state index is 10.9. The molecule has 0 saturated carbocycles. The van der Waals surface area contributed by atoms with Gasteiger partial charge in [0.1, 0.15) is 11.1 Å². The molecule has 6 heteroatoms. The topological polar surface area (TPSA) is 73.3 Å². The van der Waals surface area contributed by atoms with E-state index in [1.807, 2.05) is 0 Å². The lowest BCUT2D eigenvalue weighted by Gasteiger charge is -2.16. The molecule has 0 spiro atoms. The van der Waals surface area contributed by atoms with E-state index in [-0.39, 0.29) is 17.3 Å². The molecule has 0 aromatic carbocycles. The summed E-state index contributed by atoms with van der Waals surface area (Å²) >= 11 is 11.0. The van der Waals surface area contributed by atoms with Crippen LogP contribution < -0.4 is 5.56 Å². The van der Waals surface area contributed by atoms with Gasteiger partial charge in [-0.25, -0.2) is 0 Å². The largest absolute Gasteiger partial charge is 0.390 e. The van der Waals surface area contributed by atoms with Gasteiger partial charge in [-0.2, -0.15) is 0 Å². The molecule has 1 aromatic heterocycles. The van der Waals surface area contributed by atoms with Gasteiger partial charge in [0.25, 0.3) is 5.56 Å². The van der Waals surface area contributed by atoms with Crippen molar-refractivity contribution >= 4 is 23.2 Å². The second-order valence-corrected chi connectivity index (χ2v) is 3.89. The number of nitrogens with one attached hydrogen (secondary N) is 1. The average Bonchev–Trinajstić information content (AvgIpc) is 2.21. The third-order valence-electron chi connectivity index (χ3n) is 1.99. The van der Waals surface area contributed by atoms with Crippen molar-refractivity contribution in [1.82, 2.24) is 4.98 Å². The van der Waals surface area contributed by atoms with Crippen LogP contribution in [0.4, 0.5) is 0 Å². The summed E-state index contributed by atoms with van der Waals surface area (Å²) in [5.74, 6) is 0.245. The highest BCUT2D eigenvalue weighted by molar-refractivity contribution is 6.30. The van der Waals surface area contributed by atoms with Gasteiger partial charge in [-0.05, 0) is 12.5 Å². The van der Waals surface area contributed by atoms with Crippen LogP contribution in [0.5, 0.6) is 0 Å². The number of aliphatic hydroxyl groups excluding tert-OH is 2. The molecule has 1 aromatic rings. The number of H-pyrrole nitrogens is 1. The van der Waals surface area contributed by atoms with Gasteiger partial charge >= 0.3 is 0 Å². The lowest BCUT2D eigenvalue weighted by atomic mass is 10.0. The first-order valence-corrected chi connectivity index (χ1v) is 5.27. The Morgan fingerprint density at radius 2 is 2.13 bits per heavy atom. The Kier molecular flexibility index (Phi) is 4.60. The molecule has 0 aliphatic heterocycles. The minimum Gasteiger partial charge on any atom is -0.390 e. The monoisotopic (exact) mass is 251 g/mol. The van der Waals surface area contributed by atoms with E-state index in [0.717, 1.165) is 0 Å². The van der Waals surface area contributed by atoms with E-state index in [0.29, 0.717) is 5.56 Å². The molecule has 2 unspecified atom stereocenters. The molecule has 1 rings (SSSR count). The zero-order chi connectivity index (χ0) is 11.4. The van der Waals surface area contributed by atoms with Gasteiger partial charge in [-0.3, -0.25) is 4.79 Å². The zero-order valence-electron chi connectivity index (χ0n) is 7.78. The van der Waals surface area contributed by atoms with Crippen LogP contribution >= 0.6 is 23.2 Å². The smallest absolute Gasteiger partial charge is 0.266 e. The zero-order valence-corrected chi connectivity index (χ0v) is 9.29. The molecule has 0 aliphatic carbocycles. The molecule has 3 N–H and O–H groups in total. The number of hydrogen-bond donors (Lipinski definition) is 3. The quantitative estimate of drug-likeness (QED) is 0.701. The molecule has 84 valence electrons. The summed E-state index contributed by atoms with van der Waals surface area (Å²) in [6, 6.07) is 1.32. The van der Waals surface area contributed by atoms with Crippen molar-refractivity contribution in [2.75, 3.05) is 5.88 Å². The number of rotatable bonds is 4. The molecule has 0 amide bonds. The number of hydrogen-bond acceptors (Lipinski definition) is 3. The van der Waals surface area contributed by atoms with E-state index in [9.17, 15) is 15.0 Å². The molecule has 0 bridgehead atoms. The standard InChI is InChI=1S/C9H11Cl2NO3/c10-2-1-7(13)8(14)5-3-6(11)9(15)12-4-5/h3-4,7-8,13-14H,1-2H2,(H,12,15). The second-order valence-electron chi connectivity index (χ2n) is 3.10. The third-order valence-corrected chi connectivity index (χ3v) is 2.49.